The van der Waals surface area contributed by atoms with E-state index in [4.69, 9.17) is 0 Å². The van der Waals surface area contributed by atoms with Crippen molar-refractivity contribution < 1.29 is 9.88 Å². The average molecular weight is 440 g/mol. The van der Waals surface area contributed by atoms with Crippen LogP contribution in [0.1, 0.15) is 47.1 Å². The minimum Gasteiger partial charge on any atom is -0.327 e. The molecule has 5 heteroatoms. The number of pyridine rings is 1. The highest BCUT2D eigenvalue weighted by Crippen LogP contribution is 2.29. The summed E-state index contributed by atoms with van der Waals surface area (Å²) < 4.78 is 0. The Morgan fingerprint density at radius 3 is 2.30 bits per heavy atom. The van der Waals surface area contributed by atoms with Crippen molar-refractivity contribution in [3.63, 3.8) is 0 Å². The van der Waals surface area contributed by atoms with Crippen molar-refractivity contribution in [1.82, 2.24) is 0 Å². The summed E-state index contributed by atoms with van der Waals surface area (Å²) >= 11 is 0. The molecule has 0 bridgehead atoms. The van der Waals surface area contributed by atoms with Gasteiger partial charge in [0, 0.05) is 12.0 Å². The first-order valence-electron chi connectivity index (χ1n) is 12.2. The standard InChI is InChI=1S/C28H31N5/c29-18-25-24-14-17-32(20-23-12-6-2-7-13-23)21-26(24)27(30-19-22-10-4-1-5-11-22)31-28(25)33-15-8-3-9-16-33/h1-2,4-7,10-13H,3,8-9,14-17,19-21H2,(H,30,31)/p+2. The van der Waals surface area contributed by atoms with Crippen LogP contribution < -0.4 is 20.1 Å². The van der Waals surface area contributed by atoms with Crippen LogP contribution in [0.4, 0.5) is 11.6 Å². The number of quaternary nitrogens is 1. The normalized spacial score (nSPS) is 17.8. The minimum atomic E-state index is 0.767. The number of rotatable bonds is 6. The van der Waals surface area contributed by atoms with E-state index < -0.39 is 0 Å². The molecule has 0 saturated carbocycles. The van der Waals surface area contributed by atoms with E-state index in [1.54, 1.807) is 4.90 Å². The van der Waals surface area contributed by atoms with Gasteiger partial charge < -0.3 is 10.2 Å². The molecule has 3 heterocycles. The Bertz CT molecular complexity index is 1110. The number of nitrogens with zero attached hydrogens (tertiary/aromatic N) is 2. The molecule has 33 heavy (non-hydrogen) atoms. The van der Waals surface area contributed by atoms with Crippen molar-refractivity contribution in [1.29, 1.82) is 5.26 Å². The first-order chi connectivity index (χ1) is 16.3. The summed E-state index contributed by atoms with van der Waals surface area (Å²) in [5.41, 5.74) is 6.00. The molecule has 1 unspecified atom stereocenters. The Morgan fingerprint density at radius 1 is 0.909 bits per heavy atom. The summed E-state index contributed by atoms with van der Waals surface area (Å²) in [4.78, 5) is 7.62. The van der Waals surface area contributed by atoms with Gasteiger partial charge in [-0.2, -0.15) is 5.26 Å². The zero-order valence-corrected chi connectivity index (χ0v) is 19.2. The van der Waals surface area contributed by atoms with Crippen molar-refractivity contribution in [2.24, 2.45) is 0 Å². The second kappa shape index (κ2) is 10.1. The summed E-state index contributed by atoms with van der Waals surface area (Å²) in [6.45, 7) is 5.79. The maximum atomic E-state index is 10.2. The van der Waals surface area contributed by atoms with Gasteiger partial charge in [0.1, 0.15) is 24.7 Å². The van der Waals surface area contributed by atoms with Gasteiger partial charge in [0.05, 0.1) is 31.7 Å². The fourth-order valence-electron chi connectivity index (χ4n) is 5.26. The van der Waals surface area contributed by atoms with E-state index >= 15 is 0 Å². The van der Waals surface area contributed by atoms with Crippen LogP contribution >= 0.6 is 0 Å². The van der Waals surface area contributed by atoms with Gasteiger partial charge in [0.25, 0.3) is 0 Å². The number of fused-ring (bicyclic) bond motifs is 1. The monoisotopic (exact) mass is 439 g/mol. The highest BCUT2D eigenvalue weighted by atomic mass is 15.2. The number of nitrogens with one attached hydrogen (secondary N) is 3. The molecule has 5 nitrogen and oxygen atoms in total. The van der Waals surface area contributed by atoms with Crippen molar-refractivity contribution in [3.8, 4) is 6.07 Å². The van der Waals surface area contributed by atoms with Crippen molar-refractivity contribution in [3.05, 3.63) is 88.5 Å². The highest BCUT2D eigenvalue weighted by Gasteiger charge is 2.32. The molecule has 168 valence electrons. The van der Waals surface area contributed by atoms with Crippen LogP contribution in [0.15, 0.2) is 60.7 Å². The quantitative estimate of drug-likeness (QED) is 0.621. The zero-order valence-electron chi connectivity index (χ0n) is 19.2. The smallest absolute Gasteiger partial charge is 0.240 e. The summed E-state index contributed by atoms with van der Waals surface area (Å²) in [6, 6.07) is 23.8. The van der Waals surface area contributed by atoms with Gasteiger partial charge in [0.15, 0.2) is 0 Å². The topological polar surface area (TPSA) is 57.6 Å². The van der Waals surface area contributed by atoms with E-state index in [1.807, 2.05) is 0 Å². The highest BCUT2D eigenvalue weighted by molar-refractivity contribution is 5.62. The number of benzene rings is 2. The van der Waals surface area contributed by atoms with Crippen molar-refractivity contribution in [2.45, 2.75) is 45.3 Å². The number of piperidine rings is 1. The molecule has 0 aliphatic carbocycles. The molecular weight excluding hydrogens is 406 g/mol. The van der Waals surface area contributed by atoms with E-state index in [-0.39, 0.29) is 0 Å². The SMILES string of the molecule is N#Cc1c(N2CCCCC2)[nH+]c(NCc2ccccc2)c2c1CC[NH+](Cc1ccccc1)C2. The second-order valence-corrected chi connectivity index (χ2v) is 9.27. The fraction of sp³-hybridized carbons (Fsp3) is 0.357. The average Bonchev–Trinajstić information content (AvgIpc) is 2.88. The molecule has 5 rings (SSSR count). The zero-order chi connectivity index (χ0) is 22.5. The molecule has 2 aliphatic rings. The van der Waals surface area contributed by atoms with E-state index in [0.717, 1.165) is 62.9 Å². The van der Waals surface area contributed by atoms with Crippen LogP contribution in [0.5, 0.6) is 0 Å². The third-order valence-corrected chi connectivity index (χ3v) is 7.00. The van der Waals surface area contributed by atoms with E-state index in [1.165, 1.54) is 41.5 Å². The molecule has 1 fully saturated rings. The Labute approximate surface area is 196 Å². The third-order valence-electron chi connectivity index (χ3n) is 7.00. The lowest BCUT2D eigenvalue weighted by Gasteiger charge is -2.30. The maximum absolute atomic E-state index is 10.2. The summed E-state index contributed by atoms with van der Waals surface area (Å²) in [5, 5.41) is 13.9. The van der Waals surface area contributed by atoms with Gasteiger partial charge in [0.2, 0.25) is 11.6 Å². The predicted molar refractivity (Wildman–Crippen MR) is 131 cm³/mol. The molecule has 1 aromatic heterocycles. The molecule has 0 amide bonds. The molecule has 3 aromatic rings. The third kappa shape index (κ3) is 4.86. The van der Waals surface area contributed by atoms with E-state index in [0.29, 0.717) is 0 Å². The van der Waals surface area contributed by atoms with Crippen molar-refractivity contribution >= 4 is 11.6 Å². The van der Waals surface area contributed by atoms with Gasteiger partial charge >= 0.3 is 0 Å². The molecule has 2 aromatic carbocycles. The molecule has 1 saturated heterocycles. The number of H-pyrrole nitrogens is 1. The molecule has 0 spiro atoms. The van der Waals surface area contributed by atoms with E-state index in [2.05, 4.69) is 81.9 Å². The lowest BCUT2D eigenvalue weighted by Crippen LogP contribution is -3.10. The molecule has 0 radical (unpaired) electrons. The fourth-order valence-corrected chi connectivity index (χ4v) is 5.26. The number of aromatic nitrogens is 1. The van der Waals surface area contributed by atoms with Crippen LogP contribution in [0.2, 0.25) is 0 Å². The van der Waals surface area contributed by atoms with Gasteiger partial charge in [-0.05, 0) is 30.4 Å². The maximum Gasteiger partial charge on any atom is 0.240 e. The van der Waals surface area contributed by atoms with E-state index in [9.17, 15) is 5.26 Å². The number of hydrogen-bond donors (Lipinski definition) is 2. The Kier molecular flexibility index (Phi) is 6.55. The summed E-state index contributed by atoms with van der Waals surface area (Å²) in [6.07, 6.45) is 4.60. The van der Waals surface area contributed by atoms with Crippen LogP contribution in [0, 0.1) is 11.3 Å². The number of nitriles is 1. The van der Waals surface area contributed by atoms with Gasteiger partial charge in [-0.1, -0.05) is 60.7 Å². The first kappa shape index (κ1) is 21.5. The van der Waals surface area contributed by atoms with Crippen molar-refractivity contribution in [2.75, 3.05) is 29.9 Å². The second-order valence-electron chi connectivity index (χ2n) is 9.27. The lowest BCUT2D eigenvalue weighted by molar-refractivity contribution is -0.929. The van der Waals surface area contributed by atoms with Crippen LogP contribution in [0.3, 0.4) is 0 Å². The first-order valence-corrected chi connectivity index (χ1v) is 12.2. The molecular formula is C28H33N5+2. The molecule has 2 aliphatic heterocycles. The lowest BCUT2D eigenvalue weighted by atomic mass is 9.94. The number of hydrogen-bond acceptors (Lipinski definition) is 3. The molecule has 1 atom stereocenters. The summed E-state index contributed by atoms with van der Waals surface area (Å²) in [7, 11) is 0. The predicted octanol–water partition coefficient (Wildman–Crippen LogP) is 3.12. The van der Waals surface area contributed by atoms with Gasteiger partial charge in [-0.15, -0.1) is 0 Å². The van der Waals surface area contributed by atoms with Crippen LogP contribution in [-0.4, -0.2) is 19.6 Å². The minimum absolute atomic E-state index is 0.767. The largest absolute Gasteiger partial charge is 0.327 e. The Morgan fingerprint density at radius 2 is 1.61 bits per heavy atom. The summed E-state index contributed by atoms with van der Waals surface area (Å²) in [5.74, 6) is 2.09. The van der Waals surface area contributed by atoms with Gasteiger partial charge in [-0.25, -0.2) is 4.98 Å². The van der Waals surface area contributed by atoms with Gasteiger partial charge in [-0.3, -0.25) is 4.90 Å². The number of anilines is 2. The van der Waals surface area contributed by atoms with Crippen LogP contribution in [0.25, 0.3) is 0 Å². The molecule has 3 N–H and O–H groups in total. The Balaban J connectivity index is 1.48. The number of aromatic amines is 1. The Hall–Kier alpha value is -3.36. The van der Waals surface area contributed by atoms with Crippen LogP contribution in [-0.2, 0) is 26.1 Å².